The van der Waals surface area contributed by atoms with E-state index in [-0.39, 0.29) is 18.7 Å². The fourth-order valence-corrected chi connectivity index (χ4v) is 5.45. The van der Waals surface area contributed by atoms with Crippen LogP contribution in [0.15, 0.2) is 10.9 Å². The lowest BCUT2D eigenvalue weighted by molar-refractivity contribution is -0.134. The first-order valence-electron chi connectivity index (χ1n) is 13.5. The van der Waals surface area contributed by atoms with E-state index >= 15 is 0 Å². The summed E-state index contributed by atoms with van der Waals surface area (Å²) in [5, 5.41) is 31.9. The van der Waals surface area contributed by atoms with Gasteiger partial charge in [-0.15, -0.1) is 11.3 Å². The maximum absolute atomic E-state index is 13.6. The Morgan fingerprint density at radius 1 is 1.11 bits per heavy atom. The molecule has 216 valence electrons. The number of aliphatic hydroxyl groups is 2. The van der Waals surface area contributed by atoms with Crippen LogP contribution in [-0.2, 0) is 20.7 Å². The van der Waals surface area contributed by atoms with Crippen LogP contribution in [0.4, 0.5) is 4.79 Å². The van der Waals surface area contributed by atoms with E-state index in [0.29, 0.717) is 18.0 Å². The van der Waals surface area contributed by atoms with Gasteiger partial charge in [0.1, 0.15) is 11.6 Å². The third-order valence-electron chi connectivity index (χ3n) is 6.90. The van der Waals surface area contributed by atoms with Gasteiger partial charge >= 0.3 is 6.09 Å². The van der Waals surface area contributed by atoms with Gasteiger partial charge in [0.05, 0.1) is 34.9 Å². The first kappa shape index (κ1) is 32.0. The predicted molar refractivity (Wildman–Crippen MR) is 147 cm³/mol. The van der Waals surface area contributed by atoms with Crippen molar-refractivity contribution < 1.29 is 29.3 Å². The van der Waals surface area contributed by atoms with Gasteiger partial charge in [0.15, 0.2) is 0 Å². The minimum Gasteiger partial charge on any atom is -0.444 e. The zero-order chi connectivity index (χ0) is 28.5. The van der Waals surface area contributed by atoms with E-state index in [1.54, 1.807) is 26.3 Å². The highest BCUT2D eigenvalue weighted by Crippen LogP contribution is 2.30. The number of carbonyl (C=O) groups is 3. The molecule has 38 heavy (non-hydrogen) atoms. The van der Waals surface area contributed by atoms with Crippen molar-refractivity contribution in [3.8, 4) is 0 Å². The van der Waals surface area contributed by atoms with Gasteiger partial charge < -0.3 is 30.9 Å². The number of carbonyl (C=O) groups excluding carboxylic acids is 3. The monoisotopic (exact) mass is 554 g/mol. The molecule has 1 aromatic rings. The number of hydrogen-bond donors (Lipinski definition) is 5. The summed E-state index contributed by atoms with van der Waals surface area (Å²) < 4.78 is 5.37. The second-order valence-electron chi connectivity index (χ2n) is 11.9. The SMILES string of the molecule is CNC(=O)[C@@H](C[C@H](O)[C@H](CC1CCCCC1)NC(=O)[C@H](Cc1cscn1)NC(=O)OC(C)(C)C)C(C)(C)O. The molecule has 5 N–H and O–H groups in total. The molecule has 1 aliphatic carbocycles. The Bertz CT molecular complexity index is 890. The number of rotatable bonds is 12. The molecule has 4 atom stereocenters. The standard InChI is InChI=1S/C27H46N4O6S/c1-26(2,3)37-25(35)31-21(13-18-15-38-16-29-18)24(34)30-20(12-17-10-8-7-9-11-17)22(32)14-19(23(33)28-6)27(4,5)36/h15-17,19-22,32,36H,7-14H2,1-6H3,(H,28,33)(H,30,34)(H,31,35)/t19-,20+,21+,22+/m1/s1. The van der Waals surface area contributed by atoms with Crippen molar-refractivity contribution in [1.29, 1.82) is 0 Å². The molecule has 11 heteroatoms. The van der Waals surface area contributed by atoms with Crippen LogP contribution in [0.3, 0.4) is 0 Å². The van der Waals surface area contributed by atoms with Gasteiger partial charge in [-0.1, -0.05) is 32.1 Å². The van der Waals surface area contributed by atoms with Crippen molar-refractivity contribution in [3.05, 3.63) is 16.6 Å². The molecule has 1 heterocycles. The van der Waals surface area contributed by atoms with E-state index in [1.807, 2.05) is 5.38 Å². The zero-order valence-corrected chi connectivity index (χ0v) is 24.4. The lowest BCUT2D eigenvalue weighted by Crippen LogP contribution is -2.55. The van der Waals surface area contributed by atoms with Gasteiger partial charge in [0, 0.05) is 18.8 Å². The molecule has 1 saturated carbocycles. The molecule has 0 aromatic carbocycles. The number of aromatic nitrogens is 1. The Hall–Kier alpha value is -2.24. The van der Waals surface area contributed by atoms with Gasteiger partial charge in [-0.05, 0) is 53.4 Å². The molecular weight excluding hydrogens is 508 g/mol. The average Bonchev–Trinajstić information content (AvgIpc) is 3.33. The van der Waals surface area contributed by atoms with Crippen molar-refractivity contribution in [3.63, 3.8) is 0 Å². The van der Waals surface area contributed by atoms with Crippen LogP contribution in [0.2, 0.25) is 0 Å². The molecule has 10 nitrogen and oxygen atoms in total. The van der Waals surface area contributed by atoms with E-state index in [2.05, 4.69) is 20.9 Å². The number of aliphatic hydroxyl groups excluding tert-OH is 1. The fraction of sp³-hybridized carbons (Fsp3) is 0.778. The lowest BCUT2D eigenvalue weighted by Gasteiger charge is -2.35. The third kappa shape index (κ3) is 10.9. The molecule has 0 unspecified atom stereocenters. The predicted octanol–water partition coefficient (Wildman–Crippen LogP) is 2.92. The number of nitrogens with zero attached hydrogens (tertiary/aromatic N) is 1. The minimum atomic E-state index is -1.37. The summed E-state index contributed by atoms with van der Waals surface area (Å²) in [5.74, 6) is -1.41. The zero-order valence-electron chi connectivity index (χ0n) is 23.6. The highest BCUT2D eigenvalue weighted by molar-refractivity contribution is 7.07. The topological polar surface area (TPSA) is 150 Å². The van der Waals surface area contributed by atoms with Crippen LogP contribution < -0.4 is 16.0 Å². The minimum absolute atomic E-state index is 0.0307. The highest BCUT2D eigenvalue weighted by Gasteiger charge is 2.38. The molecule has 0 aliphatic heterocycles. The van der Waals surface area contributed by atoms with Crippen LogP contribution >= 0.6 is 11.3 Å². The van der Waals surface area contributed by atoms with Crippen LogP contribution in [0, 0.1) is 11.8 Å². The van der Waals surface area contributed by atoms with Crippen LogP contribution in [0.5, 0.6) is 0 Å². The van der Waals surface area contributed by atoms with Crippen molar-refractivity contribution in [2.75, 3.05) is 7.05 Å². The molecular formula is C27H46N4O6S. The second-order valence-corrected chi connectivity index (χ2v) is 12.6. The van der Waals surface area contributed by atoms with E-state index in [4.69, 9.17) is 4.74 Å². The first-order chi connectivity index (χ1) is 17.7. The van der Waals surface area contributed by atoms with Gasteiger partial charge in [-0.25, -0.2) is 9.78 Å². The Morgan fingerprint density at radius 2 is 1.76 bits per heavy atom. The number of ether oxygens (including phenoxy) is 1. The van der Waals surface area contributed by atoms with Gasteiger partial charge in [0.25, 0.3) is 0 Å². The quantitative estimate of drug-likeness (QED) is 0.267. The maximum atomic E-state index is 13.6. The van der Waals surface area contributed by atoms with Gasteiger partial charge in [-0.2, -0.15) is 0 Å². The molecule has 1 aliphatic rings. The summed E-state index contributed by atoms with van der Waals surface area (Å²) in [6.45, 7) is 8.28. The van der Waals surface area contributed by atoms with Crippen molar-refractivity contribution in [2.45, 2.75) is 115 Å². The largest absolute Gasteiger partial charge is 0.444 e. The smallest absolute Gasteiger partial charge is 0.408 e. The van der Waals surface area contributed by atoms with Crippen molar-refractivity contribution in [2.24, 2.45) is 11.8 Å². The fourth-order valence-electron chi connectivity index (χ4n) is 4.88. The Labute approximate surface area is 230 Å². The molecule has 3 amide bonds. The number of thiazole rings is 1. The van der Waals surface area contributed by atoms with E-state index in [1.165, 1.54) is 38.7 Å². The molecule has 0 radical (unpaired) electrons. The van der Waals surface area contributed by atoms with E-state index in [0.717, 1.165) is 25.7 Å². The Kier molecular flexibility index (Phi) is 12.0. The Balaban J connectivity index is 2.25. The summed E-state index contributed by atoms with van der Waals surface area (Å²) in [6.07, 6.45) is 4.22. The van der Waals surface area contributed by atoms with Crippen LogP contribution in [0.25, 0.3) is 0 Å². The molecule has 1 fully saturated rings. The van der Waals surface area contributed by atoms with Gasteiger partial charge in [0.2, 0.25) is 11.8 Å². The number of hydrogen-bond acceptors (Lipinski definition) is 8. The highest BCUT2D eigenvalue weighted by atomic mass is 32.1. The summed E-state index contributed by atoms with van der Waals surface area (Å²) in [7, 11) is 1.49. The van der Waals surface area contributed by atoms with Crippen molar-refractivity contribution in [1.82, 2.24) is 20.9 Å². The van der Waals surface area contributed by atoms with E-state index in [9.17, 15) is 24.6 Å². The first-order valence-corrected chi connectivity index (χ1v) is 14.4. The van der Waals surface area contributed by atoms with Crippen LogP contribution in [0.1, 0.15) is 85.3 Å². The Morgan fingerprint density at radius 3 is 2.29 bits per heavy atom. The van der Waals surface area contributed by atoms with Crippen LogP contribution in [-0.4, -0.2) is 69.5 Å². The average molecular weight is 555 g/mol. The summed E-state index contributed by atoms with van der Waals surface area (Å²) in [5.41, 5.74) is 0.198. The normalized spacial score (nSPS) is 18.1. The molecule has 0 saturated heterocycles. The third-order valence-corrected chi connectivity index (χ3v) is 7.54. The summed E-state index contributed by atoms with van der Waals surface area (Å²) >= 11 is 1.39. The number of alkyl carbamates (subject to hydrolysis) is 1. The second kappa shape index (κ2) is 14.2. The molecule has 0 bridgehead atoms. The lowest BCUT2D eigenvalue weighted by atomic mass is 9.80. The number of nitrogens with one attached hydrogen (secondary N) is 3. The van der Waals surface area contributed by atoms with Gasteiger partial charge in [-0.3, -0.25) is 9.59 Å². The maximum Gasteiger partial charge on any atom is 0.408 e. The van der Waals surface area contributed by atoms with E-state index < -0.39 is 47.3 Å². The number of amides is 3. The summed E-state index contributed by atoms with van der Waals surface area (Å²) in [6, 6.07) is -1.64. The molecule has 1 aromatic heterocycles. The molecule has 2 rings (SSSR count). The molecule has 0 spiro atoms. The summed E-state index contributed by atoms with van der Waals surface area (Å²) in [4.78, 5) is 42.9. The van der Waals surface area contributed by atoms with Crippen molar-refractivity contribution >= 4 is 29.2 Å².